The minimum absolute atomic E-state index is 0.496. The summed E-state index contributed by atoms with van der Waals surface area (Å²) < 4.78 is 5.41. The van der Waals surface area contributed by atoms with Gasteiger partial charge in [-0.1, -0.05) is 19.9 Å². The molecule has 1 aromatic heterocycles. The summed E-state index contributed by atoms with van der Waals surface area (Å²) in [6, 6.07) is 4.72. The van der Waals surface area contributed by atoms with Gasteiger partial charge in [0.1, 0.15) is 0 Å². The molecule has 4 nitrogen and oxygen atoms in total. The lowest BCUT2D eigenvalue weighted by Gasteiger charge is -2.32. The van der Waals surface area contributed by atoms with Gasteiger partial charge in [0.25, 0.3) is 0 Å². The van der Waals surface area contributed by atoms with E-state index in [-0.39, 0.29) is 0 Å². The summed E-state index contributed by atoms with van der Waals surface area (Å²) in [6.07, 6.45) is 1.93. The van der Waals surface area contributed by atoms with Gasteiger partial charge in [0.05, 0.1) is 18.9 Å². The van der Waals surface area contributed by atoms with E-state index in [2.05, 4.69) is 48.1 Å². The quantitative estimate of drug-likeness (QED) is 0.861. The zero-order valence-electron chi connectivity index (χ0n) is 12.9. The van der Waals surface area contributed by atoms with Gasteiger partial charge in [0.15, 0.2) is 0 Å². The van der Waals surface area contributed by atoms with Gasteiger partial charge < -0.3 is 10.1 Å². The van der Waals surface area contributed by atoms with Gasteiger partial charge in [-0.3, -0.25) is 9.88 Å². The fraction of sp³-hybridized carbons (Fsp3) is 0.688. The number of ether oxygens (including phenoxy) is 1. The Hall–Kier alpha value is -0.970. The first-order valence-electron chi connectivity index (χ1n) is 7.60. The second-order valence-electron chi connectivity index (χ2n) is 5.97. The van der Waals surface area contributed by atoms with Crippen LogP contribution in [0.4, 0.5) is 0 Å². The third-order valence-electron chi connectivity index (χ3n) is 3.88. The molecule has 20 heavy (non-hydrogen) atoms. The molecule has 1 fully saturated rings. The van der Waals surface area contributed by atoms with E-state index in [1.54, 1.807) is 0 Å². The van der Waals surface area contributed by atoms with Crippen LogP contribution in [-0.2, 0) is 11.3 Å². The average molecular weight is 277 g/mol. The van der Waals surface area contributed by atoms with Crippen molar-refractivity contribution in [2.24, 2.45) is 5.92 Å². The van der Waals surface area contributed by atoms with Crippen LogP contribution in [0.15, 0.2) is 18.3 Å². The Balaban J connectivity index is 1.83. The molecule has 0 radical (unpaired) electrons. The number of rotatable bonds is 6. The van der Waals surface area contributed by atoms with Crippen LogP contribution < -0.4 is 5.32 Å². The molecule has 1 aliphatic heterocycles. The predicted octanol–water partition coefficient (Wildman–Crippen LogP) is 1.84. The summed E-state index contributed by atoms with van der Waals surface area (Å²) in [7, 11) is 0. The Bertz CT molecular complexity index is 385. The van der Waals surface area contributed by atoms with E-state index >= 15 is 0 Å². The Morgan fingerprint density at radius 3 is 2.65 bits per heavy atom. The normalized spacial score (nSPS) is 18.4. The lowest BCUT2D eigenvalue weighted by molar-refractivity contribution is 0.0308. The fourth-order valence-corrected chi connectivity index (χ4v) is 2.41. The maximum atomic E-state index is 5.41. The van der Waals surface area contributed by atoms with Gasteiger partial charge in [-0.25, -0.2) is 0 Å². The van der Waals surface area contributed by atoms with E-state index in [1.807, 2.05) is 6.20 Å². The molecule has 1 atom stereocenters. The van der Waals surface area contributed by atoms with Crippen molar-refractivity contribution in [2.75, 3.05) is 32.8 Å². The van der Waals surface area contributed by atoms with Gasteiger partial charge in [-0.2, -0.15) is 0 Å². The highest BCUT2D eigenvalue weighted by Gasteiger charge is 2.19. The summed E-state index contributed by atoms with van der Waals surface area (Å²) in [5.41, 5.74) is 2.32. The van der Waals surface area contributed by atoms with Crippen LogP contribution in [0.2, 0.25) is 0 Å². The van der Waals surface area contributed by atoms with E-state index in [0.29, 0.717) is 12.0 Å². The highest BCUT2D eigenvalue weighted by atomic mass is 16.5. The molecule has 1 saturated heterocycles. The third kappa shape index (κ3) is 4.85. The first-order valence-corrected chi connectivity index (χ1v) is 7.60. The molecule has 0 spiro atoms. The van der Waals surface area contributed by atoms with Crippen LogP contribution in [0, 0.1) is 12.8 Å². The monoisotopic (exact) mass is 277 g/mol. The molecule has 1 N–H and O–H groups in total. The molecule has 2 rings (SSSR count). The molecule has 1 aromatic rings. The zero-order chi connectivity index (χ0) is 14.4. The second-order valence-corrected chi connectivity index (χ2v) is 5.97. The number of morpholine rings is 1. The molecule has 0 aromatic carbocycles. The van der Waals surface area contributed by atoms with Crippen LogP contribution in [0.5, 0.6) is 0 Å². The van der Waals surface area contributed by atoms with E-state index in [0.717, 1.165) is 45.1 Å². The van der Waals surface area contributed by atoms with Crippen molar-refractivity contribution in [3.63, 3.8) is 0 Å². The van der Waals surface area contributed by atoms with E-state index in [4.69, 9.17) is 4.74 Å². The van der Waals surface area contributed by atoms with Gasteiger partial charge in [-0.05, 0) is 24.5 Å². The smallest absolute Gasteiger partial charge is 0.0594 e. The van der Waals surface area contributed by atoms with Crippen LogP contribution in [0.25, 0.3) is 0 Å². The van der Waals surface area contributed by atoms with E-state index < -0.39 is 0 Å². The second kappa shape index (κ2) is 7.72. The van der Waals surface area contributed by atoms with Gasteiger partial charge in [0, 0.05) is 38.4 Å². The molecule has 112 valence electrons. The molecule has 0 saturated carbocycles. The molecule has 0 bridgehead atoms. The molecular formula is C16H27N3O. The number of nitrogens with zero attached hydrogens (tertiary/aromatic N) is 2. The summed E-state index contributed by atoms with van der Waals surface area (Å²) in [5, 5.41) is 3.66. The van der Waals surface area contributed by atoms with Crippen molar-refractivity contribution < 1.29 is 4.74 Å². The van der Waals surface area contributed by atoms with Crippen molar-refractivity contribution in [1.82, 2.24) is 15.2 Å². The molecule has 4 heteroatoms. The standard InChI is InChI=1S/C16H27N3O/c1-13(2)16(12-19-6-8-20-9-7-19)18-11-15-5-4-14(3)10-17-15/h4-5,10,13,16,18H,6-9,11-12H2,1-3H3/t16-/m0/s1. The van der Waals surface area contributed by atoms with E-state index in [9.17, 15) is 0 Å². The maximum Gasteiger partial charge on any atom is 0.0594 e. The molecule has 0 unspecified atom stereocenters. The number of nitrogens with one attached hydrogen (secondary N) is 1. The molecule has 0 amide bonds. The number of pyridine rings is 1. The third-order valence-corrected chi connectivity index (χ3v) is 3.88. The van der Waals surface area contributed by atoms with Crippen LogP contribution in [0.1, 0.15) is 25.1 Å². The number of aromatic nitrogens is 1. The lowest BCUT2D eigenvalue weighted by Crippen LogP contribution is -2.47. The highest BCUT2D eigenvalue weighted by molar-refractivity contribution is 5.12. The summed E-state index contributed by atoms with van der Waals surface area (Å²) in [4.78, 5) is 6.95. The summed E-state index contributed by atoms with van der Waals surface area (Å²) >= 11 is 0. The minimum atomic E-state index is 0.496. The van der Waals surface area contributed by atoms with Crippen LogP contribution in [-0.4, -0.2) is 48.8 Å². The lowest BCUT2D eigenvalue weighted by atomic mass is 10.0. The Morgan fingerprint density at radius 2 is 2.05 bits per heavy atom. The zero-order valence-corrected chi connectivity index (χ0v) is 12.9. The number of hydrogen-bond donors (Lipinski definition) is 1. The van der Waals surface area contributed by atoms with Crippen LogP contribution >= 0.6 is 0 Å². The largest absolute Gasteiger partial charge is 0.379 e. The summed E-state index contributed by atoms with van der Waals surface area (Å²) in [6.45, 7) is 12.4. The van der Waals surface area contributed by atoms with E-state index in [1.165, 1.54) is 5.56 Å². The first kappa shape index (κ1) is 15.4. The average Bonchev–Trinajstić information content (AvgIpc) is 2.46. The molecule has 1 aliphatic rings. The Morgan fingerprint density at radius 1 is 1.30 bits per heavy atom. The minimum Gasteiger partial charge on any atom is -0.379 e. The summed E-state index contributed by atoms with van der Waals surface area (Å²) in [5.74, 6) is 0.614. The molecular weight excluding hydrogens is 250 g/mol. The Labute approximate surface area is 122 Å². The van der Waals surface area contributed by atoms with Gasteiger partial charge in [-0.15, -0.1) is 0 Å². The maximum absolute atomic E-state index is 5.41. The van der Waals surface area contributed by atoms with Gasteiger partial charge in [0.2, 0.25) is 0 Å². The van der Waals surface area contributed by atoms with Crippen molar-refractivity contribution in [3.05, 3.63) is 29.6 Å². The number of aryl methyl sites for hydroxylation is 1. The van der Waals surface area contributed by atoms with Crippen molar-refractivity contribution in [2.45, 2.75) is 33.4 Å². The fourth-order valence-electron chi connectivity index (χ4n) is 2.41. The van der Waals surface area contributed by atoms with Crippen LogP contribution in [0.3, 0.4) is 0 Å². The van der Waals surface area contributed by atoms with Crippen molar-refractivity contribution in [3.8, 4) is 0 Å². The number of hydrogen-bond acceptors (Lipinski definition) is 4. The first-order chi connectivity index (χ1) is 9.65. The molecule has 0 aliphatic carbocycles. The SMILES string of the molecule is Cc1ccc(CN[C@@H](CN2CCOCC2)C(C)C)nc1. The Kier molecular flexibility index (Phi) is 5.95. The van der Waals surface area contributed by atoms with Crippen molar-refractivity contribution >= 4 is 0 Å². The van der Waals surface area contributed by atoms with Crippen molar-refractivity contribution in [1.29, 1.82) is 0 Å². The topological polar surface area (TPSA) is 37.4 Å². The predicted molar refractivity (Wildman–Crippen MR) is 81.7 cm³/mol. The van der Waals surface area contributed by atoms with Gasteiger partial charge >= 0.3 is 0 Å². The molecule has 2 heterocycles. The highest BCUT2D eigenvalue weighted by Crippen LogP contribution is 2.08.